The average Bonchev–Trinajstić information content (AvgIpc) is 2.61. The van der Waals surface area contributed by atoms with E-state index in [1.54, 1.807) is 31.2 Å². The Bertz CT molecular complexity index is 844. The van der Waals surface area contributed by atoms with Crippen molar-refractivity contribution in [2.45, 2.75) is 33.6 Å². The summed E-state index contributed by atoms with van der Waals surface area (Å²) in [6, 6.07) is 12.5. The number of phenolic OH excluding ortho intramolecular Hbond substituents is 1. The summed E-state index contributed by atoms with van der Waals surface area (Å²) in [5, 5.41) is 16.5. The Hall–Kier alpha value is -3.15. The molecule has 0 bridgehead atoms. The highest BCUT2D eigenvalue weighted by molar-refractivity contribution is 6.01. The third kappa shape index (κ3) is 5.44. The van der Waals surface area contributed by atoms with E-state index in [1.165, 1.54) is 0 Å². The second-order valence-electron chi connectivity index (χ2n) is 6.12. The van der Waals surface area contributed by atoms with Crippen LogP contribution in [0.2, 0.25) is 0 Å². The van der Waals surface area contributed by atoms with Crippen LogP contribution in [0.25, 0.3) is 0 Å². The van der Waals surface area contributed by atoms with Gasteiger partial charge in [-0.3, -0.25) is 9.59 Å². The number of amides is 2. The van der Waals surface area contributed by atoms with Gasteiger partial charge in [0.15, 0.2) is 0 Å². The first-order valence-corrected chi connectivity index (χ1v) is 8.35. The average molecular weight is 353 g/mol. The van der Waals surface area contributed by atoms with E-state index in [0.717, 1.165) is 16.8 Å². The number of aromatic hydroxyl groups is 1. The molecule has 2 aromatic carbocycles. The molecule has 0 radical (unpaired) electrons. The maximum absolute atomic E-state index is 12.0. The number of rotatable bonds is 6. The molecule has 0 aliphatic rings. The predicted octanol–water partition coefficient (Wildman–Crippen LogP) is 3.27. The number of hydrazone groups is 1. The Kier molecular flexibility index (Phi) is 6.49. The van der Waals surface area contributed by atoms with Crippen molar-refractivity contribution >= 4 is 23.2 Å². The van der Waals surface area contributed by atoms with Gasteiger partial charge < -0.3 is 10.4 Å². The zero-order chi connectivity index (χ0) is 19.1. The summed E-state index contributed by atoms with van der Waals surface area (Å²) in [5.41, 5.74) is 6.21. The lowest BCUT2D eigenvalue weighted by atomic mass is 10.1. The summed E-state index contributed by atoms with van der Waals surface area (Å²) < 4.78 is 0. The van der Waals surface area contributed by atoms with Crippen LogP contribution >= 0.6 is 0 Å². The number of carbonyl (C=O) groups excluding carboxylic acids is 2. The largest absolute Gasteiger partial charge is 0.507 e. The van der Waals surface area contributed by atoms with E-state index in [4.69, 9.17) is 0 Å². The maximum Gasteiger partial charge on any atom is 0.240 e. The summed E-state index contributed by atoms with van der Waals surface area (Å²) in [5.74, 6) is -0.498. The van der Waals surface area contributed by atoms with Crippen LogP contribution in [0.5, 0.6) is 5.75 Å². The molecule has 0 atom stereocenters. The summed E-state index contributed by atoms with van der Waals surface area (Å²) >= 11 is 0. The molecule has 136 valence electrons. The van der Waals surface area contributed by atoms with Gasteiger partial charge in [-0.05, 0) is 50.1 Å². The number of carbonyl (C=O) groups is 2. The number of nitrogens with zero attached hydrogens (tertiary/aromatic N) is 1. The van der Waals surface area contributed by atoms with Crippen molar-refractivity contribution in [3.63, 3.8) is 0 Å². The van der Waals surface area contributed by atoms with Gasteiger partial charge in [0.05, 0.1) is 5.71 Å². The molecule has 6 heteroatoms. The van der Waals surface area contributed by atoms with Crippen molar-refractivity contribution < 1.29 is 14.7 Å². The van der Waals surface area contributed by atoms with Gasteiger partial charge in [-0.1, -0.05) is 24.3 Å². The molecular weight excluding hydrogens is 330 g/mol. The van der Waals surface area contributed by atoms with Gasteiger partial charge in [-0.2, -0.15) is 5.10 Å². The maximum atomic E-state index is 12.0. The Labute approximate surface area is 152 Å². The van der Waals surface area contributed by atoms with E-state index >= 15 is 0 Å². The monoisotopic (exact) mass is 353 g/mol. The second kappa shape index (κ2) is 8.80. The van der Waals surface area contributed by atoms with Gasteiger partial charge in [0.25, 0.3) is 0 Å². The highest BCUT2D eigenvalue weighted by Gasteiger charge is 2.09. The first-order chi connectivity index (χ1) is 12.4. The Morgan fingerprint density at radius 3 is 2.46 bits per heavy atom. The van der Waals surface area contributed by atoms with Gasteiger partial charge in [0.2, 0.25) is 11.8 Å². The zero-order valence-corrected chi connectivity index (χ0v) is 15.2. The number of hydrogen-bond donors (Lipinski definition) is 3. The molecule has 2 amide bonds. The lowest BCUT2D eigenvalue weighted by molar-refractivity contribution is -0.124. The molecule has 0 fully saturated rings. The third-order valence-corrected chi connectivity index (χ3v) is 3.89. The molecule has 0 aliphatic carbocycles. The number of hydrogen-bond acceptors (Lipinski definition) is 4. The molecule has 2 aromatic rings. The minimum atomic E-state index is -0.365. The van der Waals surface area contributed by atoms with Gasteiger partial charge >= 0.3 is 0 Å². The first-order valence-electron chi connectivity index (χ1n) is 8.35. The zero-order valence-electron chi connectivity index (χ0n) is 15.2. The van der Waals surface area contributed by atoms with Crippen LogP contribution < -0.4 is 10.7 Å². The van der Waals surface area contributed by atoms with Gasteiger partial charge in [-0.15, -0.1) is 0 Å². The van der Waals surface area contributed by atoms with Crippen LogP contribution in [0.15, 0.2) is 47.6 Å². The molecule has 0 saturated carbocycles. The van der Waals surface area contributed by atoms with E-state index in [0.29, 0.717) is 11.3 Å². The number of phenols is 1. The van der Waals surface area contributed by atoms with Crippen molar-refractivity contribution in [1.29, 1.82) is 0 Å². The molecular formula is C20H23N3O3. The van der Waals surface area contributed by atoms with Gasteiger partial charge in [0, 0.05) is 24.1 Å². The number of anilines is 1. The van der Waals surface area contributed by atoms with Crippen LogP contribution in [0.4, 0.5) is 5.69 Å². The standard InChI is InChI=1S/C20H23N3O3/c1-13-8-9-14(2)17(12-13)21-19(25)10-11-20(26)23-22-15(3)16-6-4-5-7-18(16)24/h4-9,12,24H,10-11H2,1-3H3,(H,21,25)(H,23,26)/b22-15+. The van der Waals surface area contributed by atoms with Crippen molar-refractivity contribution in [2.75, 3.05) is 5.32 Å². The van der Waals surface area contributed by atoms with Crippen molar-refractivity contribution in [2.24, 2.45) is 5.10 Å². The predicted molar refractivity (Wildman–Crippen MR) is 102 cm³/mol. The lowest BCUT2D eigenvalue weighted by Gasteiger charge is -2.09. The molecule has 0 aliphatic heterocycles. The molecule has 6 nitrogen and oxygen atoms in total. The summed E-state index contributed by atoms with van der Waals surface area (Å²) in [4.78, 5) is 23.9. The molecule has 0 heterocycles. The minimum absolute atomic E-state index is 0.0221. The molecule has 2 rings (SSSR count). The normalized spacial score (nSPS) is 11.1. The summed E-state index contributed by atoms with van der Waals surface area (Å²) in [7, 11) is 0. The Morgan fingerprint density at radius 1 is 1.04 bits per heavy atom. The molecule has 0 saturated heterocycles. The van der Waals surface area contributed by atoms with Gasteiger partial charge in [-0.25, -0.2) is 5.43 Å². The lowest BCUT2D eigenvalue weighted by Crippen LogP contribution is -2.22. The minimum Gasteiger partial charge on any atom is -0.507 e. The fourth-order valence-corrected chi connectivity index (χ4v) is 2.35. The highest BCUT2D eigenvalue weighted by Crippen LogP contribution is 2.17. The van der Waals surface area contributed by atoms with Crippen LogP contribution in [0.3, 0.4) is 0 Å². The van der Waals surface area contributed by atoms with E-state index in [2.05, 4.69) is 15.8 Å². The Morgan fingerprint density at radius 2 is 1.73 bits per heavy atom. The third-order valence-electron chi connectivity index (χ3n) is 3.89. The van der Waals surface area contributed by atoms with E-state index in [1.807, 2.05) is 32.0 Å². The first kappa shape index (κ1) is 19.2. The van der Waals surface area contributed by atoms with E-state index in [-0.39, 0.29) is 30.4 Å². The molecule has 0 aromatic heterocycles. The van der Waals surface area contributed by atoms with Crippen LogP contribution in [-0.2, 0) is 9.59 Å². The summed E-state index contributed by atoms with van der Waals surface area (Å²) in [6.45, 7) is 5.55. The van der Waals surface area contributed by atoms with Crippen molar-refractivity contribution in [3.8, 4) is 5.75 Å². The van der Waals surface area contributed by atoms with Crippen LogP contribution in [0.1, 0.15) is 36.5 Å². The van der Waals surface area contributed by atoms with Gasteiger partial charge in [0.1, 0.15) is 5.75 Å². The number of benzene rings is 2. The van der Waals surface area contributed by atoms with E-state index in [9.17, 15) is 14.7 Å². The number of nitrogens with one attached hydrogen (secondary N) is 2. The fraction of sp³-hybridized carbons (Fsp3) is 0.250. The molecule has 26 heavy (non-hydrogen) atoms. The second-order valence-corrected chi connectivity index (χ2v) is 6.12. The topological polar surface area (TPSA) is 90.8 Å². The Balaban J connectivity index is 1.85. The fourth-order valence-electron chi connectivity index (χ4n) is 2.35. The summed E-state index contributed by atoms with van der Waals surface area (Å²) in [6.07, 6.45) is 0.0820. The van der Waals surface area contributed by atoms with Crippen molar-refractivity contribution in [1.82, 2.24) is 5.43 Å². The SMILES string of the molecule is C/C(=N\NC(=O)CCC(=O)Nc1cc(C)ccc1C)c1ccccc1O. The molecule has 0 unspecified atom stereocenters. The molecule has 0 spiro atoms. The van der Waals surface area contributed by atoms with E-state index < -0.39 is 0 Å². The number of para-hydroxylation sites is 1. The van der Waals surface area contributed by atoms with Crippen LogP contribution in [-0.4, -0.2) is 22.6 Å². The number of aryl methyl sites for hydroxylation is 2. The molecule has 3 N–H and O–H groups in total. The van der Waals surface area contributed by atoms with Crippen LogP contribution in [0, 0.1) is 13.8 Å². The smallest absolute Gasteiger partial charge is 0.240 e. The quantitative estimate of drug-likeness (QED) is 0.550. The highest BCUT2D eigenvalue weighted by atomic mass is 16.3. The van der Waals surface area contributed by atoms with Crippen molar-refractivity contribution in [3.05, 3.63) is 59.2 Å².